The van der Waals surface area contributed by atoms with Crippen molar-refractivity contribution in [2.24, 2.45) is 11.3 Å². The highest BCUT2D eigenvalue weighted by Gasteiger charge is 2.47. The maximum absolute atomic E-state index is 11.7. The van der Waals surface area contributed by atoms with Crippen molar-refractivity contribution in [3.63, 3.8) is 0 Å². The second kappa shape index (κ2) is 6.23. The zero-order valence-electron chi connectivity index (χ0n) is 11.1. The maximum atomic E-state index is 11.7. The van der Waals surface area contributed by atoms with Crippen molar-refractivity contribution in [3.8, 4) is 0 Å². The van der Waals surface area contributed by atoms with Crippen LogP contribution in [0, 0.1) is 11.3 Å². The summed E-state index contributed by atoms with van der Waals surface area (Å²) in [5.74, 6) is -1.56. The maximum Gasteiger partial charge on any atom is 0.323 e. The number of allylic oxidation sites excluding steroid dienone is 3. The Morgan fingerprint density at radius 3 is 1.94 bits per heavy atom. The Labute approximate surface area is 102 Å². The van der Waals surface area contributed by atoms with Gasteiger partial charge in [-0.15, -0.1) is 0 Å². The van der Waals surface area contributed by atoms with Crippen LogP contribution < -0.4 is 0 Å². The minimum Gasteiger partial charge on any atom is -0.468 e. The van der Waals surface area contributed by atoms with Crippen molar-refractivity contribution in [2.45, 2.75) is 20.8 Å². The van der Waals surface area contributed by atoms with E-state index in [4.69, 9.17) is 0 Å². The first-order chi connectivity index (χ1) is 7.80. The molecule has 0 aliphatic rings. The molecule has 0 aromatic carbocycles. The van der Waals surface area contributed by atoms with Gasteiger partial charge in [-0.1, -0.05) is 31.2 Å². The number of methoxy groups -OCH3 is 2. The van der Waals surface area contributed by atoms with E-state index in [0.29, 0.717) is 0 Å². The molecule has 0 radical (unpaired) electrons. The van der Waals surface area contributed by atoms with Crippen LogP contribution in [-0.4, -0.2) is 26.2 Å². The lowest BCUT2D eigenvalue weighted by Crippen LogP contribution is -2.43. The number of hydrogen-bond acceptors (Lipinski definition) is 4. The van der Waals surface area contributed by atoms with Gasteiger partial charge in [0, 0.05) is 5.92 Å². The van der Waals surface area contributed by atoms with Crippen molar-refractivity contribution in [2.75, 3.05) is 14.2 Å². The SMILES string of the molecule is C=C(C)/C=C\C(C)C(C)(C(=O)OC)C(=O)OC. The highest BCUT2D eigenvalue weighted by atomic mass is 16.5. The standard InChI is InChI=1S/C13H20O4/c1-9(2)7-8-10(3)13(4,11(14)16-5)12(15)17-6/h7-8,10H,1H2,2-6H3/b8-7-. The van der Waals surface area contributed by atoms with E-state index in [1.165, 1.54) is 21.1 Å². The fourth-order valence-electron chi connectivity index (χ4n) is 1.38. The van der Waals surface area contributed by atoms with E-state index >= 15 is 0 Å². The fraction of sp³-hybridized carbons (Fsp3) is 0.538. The molecule has 0 saturated heterocycles. The van der Waals surface area contributed by atoms with Gasteiger partial charge >= 0.3 is 11.9 Å². The predicted molar refractivity (Wildman–Crippen MR) is 65.3 cm³/mol. The number of carbonyl (C=O) groups is 2. The van der Waals surface area contributed by atoms with E-state index in [1.807, 2.05) is 6.92 Å². The van der Waals surface area contributed by atoms with Crippen molar-refractivity contribution in [1.29, 1.82) is 0 Å². The molecule has 1 atom stereocenters. The molecule has 0 amide bonds. The average molecular weight is 240 g/mol. The van der Waals surface area contributed by atoms with Crippen LogP contribution >= 0.6 is 0 Å². The highest BCUT2D eigenvalue weighted by molar-refractivity contribution is 6.00. The Hall–Kier alpha value is -1.58. The number of rotatable bonds is 5. The summed E-state index contributed by atoms with van der Waals surface area (Å²) < 4.78 is 9.34. The molecule has 0 saturated carbocycles. The van der Waals surface area contributed by atoms with Crippen LogP contribution in [0.4, 0.5) is 0 Å². The summed E-state index contributed by atoms with van der Waals surface area (Å²) in [6, 6.07) is 0. The van der Waals surface area contributed by atoms with E-state index in [1.54, 1.807) is 19.1 Å². The molecule has 96 valence electrons. The first-order valence-electron chi connectivity index (χ1n) is 5.31. The quantitative estimate of drug-likeness (QED) is 0.419. The lowest BCUT2D eigenvalue weighted by molar-refractivity contribution is -0.170. The minimum atomic E-state index is -1.34. The van der Waals surface area contributed by atoms with Gasteiger partial charge in [-0.2, -0.15) is 0 Å². The summed E-state index contributed by atoms with van der Waals surface area (Å²) in [6.45, 7) is 8.82. The molecule has 0 spiro atoms. The molecule has 0 aliphatic carbocycles. The number of hydrogen-bond donors (Lipinski definition) is 0. The molecule has 1 unspecified atom stereocenters. The van der Waals surface area contributed by atoms with Gasteiger partial charge in [0.25, 0.3) is 0 Å². The Kier molecular flexibility index (Phi) is 5.65. The van der Waals surface area contributed by atoms with E-state index in [2.05, 4.69) is 16.1 Å². The molecule has 0 N–H and O–H groups in total. The van der Waals surface area contributed by atoms with Crippen LogP contribution in [0.15, 0.2) is 24.3 Å². The van der Waals surface area contributed by atoms with Crippen LogP contribution in [0.5, 0.6) is 0 Å². The van der Waals surface area contributed by atoms with Gasteiger partial charge in [0.1, 0.15) is 0 Å². The summed E-state index contributed by atoms with van der Waals surface area (Å²) in [4.78, 5) is 23.5. The zero-order chi connectivity index (χ0) is 13.6. The first-order valence-corrected chi connectivity index (χ1v) is 5.31. The molecule has 0 bridgehead atoms. The van der Waals surface area contributed by atoms with E-state index in [9.17, 15) is 9.59 Å². The lowest BCUT2D eigenvalue weighted by Gasteiger charge is -2.28. The second-order valence-electron chi connectivity index (χ2n) is 4.18. The molecule has 0 fully saturated rings. The topological polar surface area (TPSA) is 52.6 Å². The summed E-state index contributed by atoms with van der Waals surface area (Å²) in [6.07, 6.45) is 3.50. The van der Waals surface area contributed by atoms with Gasteiger partial charge in [0.15, 0.2) is 5.41 Å². The van der Waals surface area contributed by atoms with Gasteiger partial charge in [-0.05, 0) is 13.8 Å². The van der Waals surface area contributed by atoms with E-state index in [-0.39, 0.29) is 5.92 Å². The molecule has 0 aromatic rings. The van der Waals surface area contributed by atoms with Crippen molar-refractivity contribution in [3.05, 3.63) is 24.3 Å². The van der Waals surface area contributed by atoms with Crippen LogP contribution in [0.1, 0.15) is 20.8 Å². The molecular formula is C13H20O4. The monoisotopic (exact) mass is 240 g/mol. The van der Waals surface area contributed by atoms with Crippen LogP contribution in [0.2, 0.25) is 0 Å². The lowest BCUT2D eigenvalue weighted by atomic mass is 9.77. The molecule has 17 heavy (non-hydrogen) atoms. The van der Waals surface area contributed by atoms with Crippen molar-refractivity contribution >= 4 is 11.9 Å². The van der Waals surface area contributed by atoms with Gasteiger partial charge in [-0.3, -0.25) is 9.59 Å². The highest BCUT2D eigenvalue weighted by Crippen LogP contribution is 2.31. The molecule has 0 heterocycles. The van der Waals surface area contributed by atoms with Gasteiger partial charge in [-0.25, -0.2) is 0 Å². The summed E-state index contributed by atoms with van der Waals surface area (Å²) in [5.41, 5.74) is -0.496. The second-order valence-corrected chi connectivity index (χ2v) is 4.18. The third kappa shape index (κ3) is 3.44. The number of ether oxygens (including phenoxy) is 2. The Balaban J connectivity index is 5.25. The van der Waals surface area contributed by atoms with Crippen molar-refractivity contribution in [1.82, 2.24) is 0 Å². The van der Waals surface area contributed by atoms with Crippen LogP contribution in [0.25, 0.3) is 0 Å². The van der Waals surface area contributed by atoms with Gasteiger partial charge < -0.3 is 9.47 Å². The first kappa shape index (κ1) is 15.4. The number of carbonyl (C=O) groups excluding carboxylic acids is 2. The predicted octanol–water partition coefficient (Wildman–Crippen LogP) is 2.11. The largest absolute Gasteiger partial charge is 0.468 e. The molecule has 0 aliphatic heterocycles. The minimum absolute atomic E-state index is 0.348. The molecule has 4 nitrogen and oxygen atoms in total. The summed E-state index contributed by atoms with van der Waals surface area (Å²) in [7, 11) is 2.50. The van der Waals surface area contributed by atoms with Gasteiger partial charge in [0.2, 0.25) is 0 Å². The van der Waals surface area contributed by atoms with Crippen molar-refractivity contribution < 1.29 is 19.1 Å². The van der Waals surface area contributed by atoms with Crippen LogP contribution in [0.3, 0.4) is 0 Å². The smallest absolute Gasteiger partial charge is 0.323 e. The van der Waals surface area contributed by atoms with E-state index < -0.39 is 17.4 Å². The summed E-state index contributed by atoms with van der Waals surface area (Å²) >= 11 is 0. The molecule has 4 heteroatoms. The molecule has 0 aromatic heterocycles. The normalized spacial score (nSPS) is 13.2. The Morgan fingerprint density at radius 1 is 1.24 bits per heavy atom. The summed E-state index contributed by atoms with van der Waals surface area (Å²) in [5, 5.41) is 0. The molecule has 0 rings (SSSR count). The van der Waals surface area contributed by atoms with Crippen LogP contribution in [-0.2, 0) is 19.1 Å². The zero-order valence-corrected chi connectivity index (χ0v) is 11.1. The third-order valence-electron chi connectivity index (χ3n) is 2.80. The Morgan fingerprint density at radius 2 is 1.65 bits per heavy atom. The molecular weight excluding hydrogens is 220 g/mol. The third-order valence-corrected chi connectivity index (χ3v) is 2.80. The number of esters is 2. The Bertz CT molecular complexity index is 325. The van der Waals surface area contributed by atoms with Gasteiger partial charge in [0.05, 0.1) is 14.2 Å². The van der Waals surface area contributed by atoms with E-state index in [0.717, 1.165) is 5.57 Å². The fourth-order valence-corrected chi connectivity index (χ4v) is 1.38. The average Bonchev–Trinajstić information content (AvgIpc) is 2.32.